The molecule has 104 valence electrons. The molecule has 0 unspecified atom stereocenters. The molecule has 0 heterocycles. The molecule has 1 amide bonds. The summed E-state index contributed by atoms with van der Waals surface area (Å²) in [6.07, 6.45) is 0. The molecule has 1 N–H and O–H groups in total. The number of hydrogen-bond acceptors (Lipinski definition) is 3. The number of halogens is 1. The first-order valence-electron chi connectivity index (χ1n) is 5.90. The molecule has 0 aliphatic rings. The molecule has 0 bridgehead atoms. The van der Waals surface area contributed by atoms with Gasteiger partial charge in [0, 0.05) is 11.0 Å². The van der Waals surface area contributed by atoms with Gasteiger partial charge in [-0.3, -0.25) is 9.59 Å². The SMILES string of the molecule is COc1cc(C(=O)NCC(=O)C(C)(C)C)ccc1F. The number of nitrogens with one attached hydrogen (secondary N) is 1. The van der Waals surface area contributed by atoms with Gasteiger partial charge in [-0.1, -0.05) is 20.8 Å². The van der Waals surface area contributed by atoms with Crippen LogP contribution in [0, 0.1) is 11.2 Å². The van der Waals surface area contributed by atoms with Crippen LogP contribution in [0.3, 0.4) is 0 Å². The number of ketones is 1. The molecule has 4 nitrogen and oxygen atoms in total. The van der Waals surface area contributed by atoms with Gasteiger partial charge in [0.05, 0.1) is 13.7 Å². The van der Waals surface area contributed by atoms with Gasteiger partial charge in [0.15, 0.2) is 17.3 Å². The minimum atomic E-state index is -0.537. The largest absolute Gasteiger partial charge is 0.494 e. The monoisotopic (exact) mass is 267 g/mol. The van der Waals surface area contributed by atoms with Crippen molar-refractivity contribution in [2.45, 2.75) is 20.8 Å². The molecule has 1 aromatic carbocycles. The zero-order valence-corrected chi connectivity index (χ0v) is 11.5. The number of carbonyl (C=O) groups excluding carboxylic acids is 2. The first kappa shape index (κ1) is 15.1. The summed E-state index contributed by atoms with van der Waals surface area (Å²) in [5, 5.41) is 2.51. The lowest BCUT2D eigenvalue weighted by molar-refractivity contribution is -0.125. The molecule has 0 aliphatic carbocycles. The molecule has 0 atom stereocenters. The summed E-state index contributed by atoms with van der Waals surface area (Å²) < 4.78 is 18.0. The van der Waals surface area contributed by atoms with E-state index in [9.17, 15) is 14.0 Å². The Morgan fingerprint density at radius 2 is 1.95 bits per heavy atom. The van der Waals surface area contributed by atoms with Gasteiger partial charge in [-0.25, -0.2) is 4.39 Å². The van der Waals surface area contributed by atoms with Crippen molar-refractivity contribution in [3.63, 3.8) is 0 Å². The van der Waals surface area contributed by atoms with E-state index in [2.05, 4.69) is 5.32 Å². The van der Waals surface area contributed by atoms with Crippen molar-refractivity contribution in [3.8, 4) is 5.75 Å². The fourth-order valence-electron chi connectivity index (χ4n) is 1.33. The molecule has 0 saturated heterocycles. The second kappa shape index (κ2) is 5.82. The maximum Gasteiger partial charge on any atom is 0.251 e. The Bertz CT molecular complexity index is 492. The van der Waals surface area contributed by atoms with Crippen LogP contribution >= 0.6 is 0 Å². The van der Waals surface area contributed by atoms with Crippen molar-refractivity contribution in [2.75, 3.05) is 13.7 Å². The van der Waals surface area contributed by atoms with Crippen LogP contribution in [-0.2, 0) is 4.79 Å². The number of amides is 1. The third-order valence-electron chi connectivity index (χ3n) is 2.66. The zero-order valence-electron chi connectivity index (χ0n) is 11.5. The zero-order chi connectivity index (χ0) is 14.6. The summed E-state index contributed by atoms with van der Waals surface area (Å²) >= 11 is 0. The standard InChI is InChI=1S/C14H18FNO3/c1-14(2,3)12(17)8-16-13(18)9-5-6-10(15)11(7-9)19-4/h5-7H,8H2,1-4H3,(H,16,18). The molecular formula is C14H18FNO3. The quantitative estimate of drug-likeness (QED) is 0.909. The second-order valence-corrected chi connectivity index (χ2v) is 5.21. The Hall–Kier alpha value is -1.91. The molecular weight excluding hydrogens is 249 g/mol. The lowest BCUT2D eigenvalue weighted by atomic mass is 9.91. The number of ether oxygens (including phenoxy) is 1. The molecule has 0 radical (unpaired) electrons. The Balaban J connectivity index is 2.72. The molecule has 0 saturated carbocycles. The Morgan fingerprint density at radius 1 is 1.32 bits per heavy atom. The summed E-state index contributed by atoms with van der Waals surface area (Å²) in [5.74, 6) is -1.05. The summed E-state index contributed by atoms with van der Waals surface area (Å²) in [7, 11) is 1.32. The van der Waals surface area contributed by atoms with Crippen LogP contribution in [0.2, 0.25) is 0 Å². The molecule has 0 aromatic heterocycles. The van der Waals surface area contributed by atoms with Crippen LogP contribution in [0.15, 0.2) is 18.2 Å². The van der Waals surface area contributed by atoms with Crippen LogP contribution in [0.1, 0.15) is 31.1 Å². The van der Waals surface area contributed by atoms with E-state index < -0.39 is 17.1 Å². The topological polar surface area (TPSA) is 55.4 Å². The van der Waals surface area contributed by atoms with Crippen molar-refractivity contribution in [1.29, 1.82) is 0 Å². The van der Waals surface area contributed by atoms with E-state index in [1.54, 1.807) is 20.8 Å². The van der Waals surface area contributed by atoms with Gasteiger partial charge in [-0.2, -0.15) is 0 Å². The van der Waals surface area contributed by atoms with Gasteiger partial charge in [0.2, 0.25) is 0 Å². The van der Waals surface area contributed by atoms with Crippen molar-refractivity contribution < 1.29 is 18.7 Å². The molecule has 0 aliphatic heterocycles. The average Bonchev–Trinajstić information content (AvgIpc) is 2.34. The number of hydrogen-bond donors (Lipinski definition) is 1. The highest BCUT2D eigenvalue weighted by Crippen LogP contribution is 2.18. The predicted octanol–water partition coefficient (Wildman–Crippen LogP) is 2.18. The second-order valence-electron chi connectivity index (χ2n) is 5.21. The highest BCUT2D eigenvalue weighted by molar-refractivity contribution is 5.97. The summed E-state index contributed by atoms with van der Waals surface area (Å²) in [5.41, 5.74) is -0.256. The Kier molecular flexibility index (Phi) is 4.64. The number of carbonyl (C=O) groups is 2. The number of Topliss-reactive ketones (excluding diaryl/α,β-unsaturated/α-hetero) is 1. The summed E-state index contributed by atoms with van der Waals surface area (Å²) in [4.78, 5) is 23.5. The third kappa shape index (κ3) is 4.05. The van der Waals surface area contributed by atoms with Crippen LogP contribution in [0.25, 0.3) is 0 Å². The fraction of sp³-hybridized carbons (Fsp3) is 0.429. The molecule has 0 fully saturated rings. The molecule has 0 spiro atoms. The third-order valence-corrected chi connectivity index (χ3v) is 2.66. The summed E-state index contributed by atoms with van der Waals surface area (Å²) in [6.45, 7) is 5.29. The van der Waals surface area contributed by atoms with Gasteiger partial charge >= 0.3 is 0 Å². The van der Waals surface area contributed by atoms with Crippen molar-refractivity contribution >= 4 is 11.7 Å². The van der Waals surface area contributed by atoms with Gasteiger partial charge < -0.3 is 10.1 Å². The van der Waals surface area contributed by atoms with E-state index in [0.29, 0.717) is 0 Å². The Morgan fingerprint density at radius 3 is 2.47 bits per heavy atom. The number of methoxy groups -OCH3 is 1. The minimum Gasteiger partial charge on any atom is -0.494 e. The fourth-order valence-corrected chi connectivity index (χ4v) is 1.33. The van der Waals surface area contributed by atoms with E-state index in [4.69, 9.17) is 4.74 Å². The highest BCUT2D eigenvalue weighted by atomic mass is 19.1. The van der Waals surface area contributed by atoms with E-state index in [1.165, 1.54) is 19.2 Å². The molecule has 5 heteroatoms. The first-order valence-corrected chi connectivity index (χ1v) is 5.90. The molecule has 1 rings (SSSR count). The number of rotatable bonds is 4. The van der Waals surface area contributed by atoms with Crippen LogP contribution < -0.4 is 10.1 Å². The summed E-state index contributed by atoms with van der Waals surface area (Å²) in [6, 6.07) is 3.79. The first-order chi connectivity index (χ1) is 8.75. The predicted molar refractivity (Wildman–Crippen MR) is 69.7 cm³/mol. The van der Waals surface area contributed by atoms with Gasteiger partial charge in [-0.15, -0.1) is 0 Å². The van der Waals surface area contributed by atoms with Crippen LogP contribution in [0.5, 0.6) is 5.75 Å². The normalized spacial score (nSPS) is 11.0. The van der Waals surface area contributed by atoms with Gasteiger partial charge in [0.25, 0.3) is 5.91 Å². The number of benzene rings is 1. The van der Waals surface area contributed by atoms with E-state index in [-0.39, 0.29) is 23.6 Å². The van der Waals surface area contributed by atoms with E-state index in [0.717, 1.165) is 6.07 Å². The lowest BCUT2D eigenvalue weighted by Gasteiger charge is -2.16. The minimum absolute atomic E-state index is 0.00482. The molecule has 1 aromatic rings. The average molecular weight is 267 g/mol. The van der Waals surface area contributed by atoms with Crippen molar-refractivity contribution in [1.82, 2.24) is 5.32 Å². The van der Waals surface area contributed by atoms with Crippen molar-refractivity contribution in [3.05, 3.63) is 29.6 Å². The Labute approximate surface area is 112 Å². The van der Waals surface area contributed by atoms with Crippen molar-refractivity contribution in [2.24, 2.45) is 5.41 Å². The lowest BCUT2D eigenvalue weighted by Crippen LogP contribution is -2.35. The maximum absolute atomic E-state index is 13.2. The van der Waals surface area contributed by atoms with Gasteiger partial charge in [-0.05, 0) is 18.2 Å². The smallest absolute Gasteiger partial charge is 0.251 e. The highest BCUT2D eigenvalue weighted by Gasteiger charge is 2.21. The van der Waals surface area contributed by atoms with Gasteiger partial charge in [0.1, 0.15) is 0 Å². The van der Waals surface area contributed by atoms with Crippen LogP contribution in [-0.4, -0.2) is 25.3 Å². The van der Waals surface area contributed by atoms with E-state index >= 15 is 0 Å². The molecule has 19 heavy (non-hydrogen) atoms. The maximum atomic E-state index is 13.2. The van der Waals surface area contributed by atoms with Crippen LogP contribution in [0.4, 0.5) is 4.39 Å². The van der Waals surface area contributed by atoms with E-state index in [1.807, 2.05) is 0 Å².